The molecule has 0 aliphatic rings. The van der Waals surface area contributed by atoms with Gasteiger partial charge in [-0.2, -0.15) is 15.0 Å². The van der Waals surface area contributed by atoms with Crippen LogP contribution in [-0.2, 0) is 0 Å². The Balaban J connectivity index is 3.12. The maximum atomic E-state index is 5.55. The zero-order chi connectivity index (χ0) is 15.3. The average Bonchev–Trinajstić information content (AvgIpc) is 2.34. The number of nitrogens with one attached hydrogen (secondary N) is 1. The van der Waals surface area contributed by atoms with Crippen LogP contribution in [0.15, 0.2) is 0 Å². The van der Waals surface area contributed by atoms with Crippen molar-refractivity contribution in [3.8, 4) is 6.01 Å². The number of ether oxygens (including phenoxy) is 1. The molecule has 114 valence electrons. The highest BCUT2D eigenvalue weighted by Gasteiger charge is 2.18. The van der Waals surface area contributed by atoms with Gasteiger partial charge in [0, 0.05) is 12.6 Å². The molecule has 0 aromatic carbocycles. The molecule has 0 saturated heterocycles. The minimum absolute atomic E-state index is 0.00604. The van der Waals surface area contributed by atoms with E-state index < -0.39 is 0 Å². The summed E-state index contributed by atoms with van der Waals surface area (Å²) in [6, 6.07) is 0.560. The molecule has 0 amide bonds. The lowest BCUT2D eigenvalue weighted by molar-refractivity contribution is 0.222. The number of aromatic nitrogens is 3. The van der Waals surface area contributed by atoms with Crippen molar-refractivity contribution in [3.63, 3.8) is 0 Å². The van der Waals surface area contributed by atoms with E-state index in [9.17, 15) is 0 Å². The van der Waals surface area contributed by atoms with Crippen molar-refractivity contribution >= 4 is 11.9 Å². The molecule has 1 aromatic heterocycles. The van der Waals surface area contributed by atoms with Gasteiger partial charge in [0.1, 0.15) is 0 Å². The van der Waals surface area contributed by atoms with Crippen LogP contribution < -0.4 is 20.9 Å². The maximum absolute atomic E-state index is 5.55. The zero-order valence-electron chi connectivity index (χ0n) is 13.2. The Bertz CT molecular complexity index is 421. The Morgan fingerprint density at radius 2 is 1.75 bits per heavy atom. The van der Waals surface area contributed by atoms with Gasteiger partial charge < -0.3 is 9.64 Å². The quantitative estimate of drug-likeness (QED) is 0.582. The summed E-state index contributed by atoms with van der Waals surface area (Å²) in [7, 11) is 0. The second-order valence-electron chi connectivity index (χ2n) is 5.69. The summed E-state index contributed by atoms with van der Waals surface area (Å²) in [5, 5.41) is 0. The fourth-order valence-electron chi connectivity index (χ4n) is 1.72. The van der Waals surface area contributed by atoms with E-state index in [4.69, 9.17) is 10.6 Å². The van der Waals surface area contributed by atoms with Crippen LogP contribution in [0, 0.1) is 5.92 Å². The summed E-state index contributed by atoms with van der Waals surface area (Å²) in [6.45, 7) is 13.2. The van der Waals surface area contributed by atoms with Gasteiger partial charge in [-0.15, -0.1) is 0 Å². The van der Waals surface area contributed by atoms with Gasteiger partial charge in [0.2, 0.25) is 11.9 Å². The van der Waals surface area contributed by atoms with Gasteiger partial charge in [-0.25, -0.2) is 5.84 Å². The number of nitrogens with zero attached hydrogens (tertiary/aromatic N) is 4. The molecule has 1 rings (SSSR count). The molecule has 0 saturated carbocycles. The van der Waals surface area contributed by atoms with E-state index in [2.05, 4.69) is 53.0 Å². The minimum atomic E-state index is -0.00604. The molecule has 1 heterocycles. The first-order valence-corrected chi connectivity index (χ1v) is 6.99. The third-order valence-corrected chi connectivity index (χ3v) is 2.52. The molecule has 0 spiro atoms. The number of hydrogen-bond donors (Lipinski definition) is 2. The van der Waals surface area contributed by atoms with E-state index in [-0.39, 0.29) is 18.2 Å². The van der Waals surface area contributed by atoms with Crippen LogP contribution in [0.4, 0.5) is 11.9 Å². The fourth-order valence-corrected chi connectivity index (χ4v) is 1.72. The number of nitrogen functional groups attached to an aromatic ring is 1. The zero-order valence-corrected chi connectivity index (χ0v) is 13.2. The van der Waals surface area contributed by atoms with Crippen molar-refractivity contribution in [2.75, 3.05) is 16.9 Å². The fraction of sp³-hybridized carbons (Fsp3) is 0.769. The van der Waals surface area contributed by atoms with Crippen molar-refractivity contribution in [3.05, 3.63) is 0 Å². The van der Waals surface area contributed by atoms with Crippen molar-refractivity contribution in [2.24, 2.45) is 11.8 Å². The van der Waals surface area contributed by atoms with Crippen LogP contribution in [0.3, 0.4) is 0 Å². The van der Waals surface area contributed by atoms with Crippen LogP contribution >= 0.6 is 0 Å². The van der Waals surface area contributed by atoms with Crippen LogP contribution in [-0.4, -0.2) is 33.6 Å². The van der Waals surface area contributed by atoms with Gasteiger partial charge in [0.15, 0.2) is 0 Å². The molecule has 7 heteroatoms. The van der Waals surface area contributed by atoms with Gasteiger partial charge in [0.25, 0.3) is 0 Å². The predicted molar refractivity (Wildman–Crippen MR) is 80.7 cm³/mol. The largest absolute Gasteiger partial charge is 0.461 e. The van der Waals surface area contributed by atoms with Gasteiger partial charge in [-0.05, 0) is 33.6 Å². The third-order valence-electron chi connectivity index (χ3n) is 2.52. The average molecular weight is 282 g/mol. The third kappa shape index (κ3) is 4.80. The minimum Gasteiger partial charge on any atom is -0.461 e. The highest BCUT2D eigenvalue weighted by molar-refractivity contribution is 5.38. The van der Waals surface area contributed by atoms with E-state index in [0.717, 1.165) is 6.54 Å². The lowest BCUT2D eigenvalue weighted by Gasteiger charge is -2.28. The molecule has 0 aliphatic carbocycles. The Hall–Kier alpha value is -1.63. The predicted octanol–water partition coefficient (Wildman–Crippen LogP) is 1.82. The number of hydrazine groups is 1. The lowest BCUT2D eigenvalue weighted by atomic mass is 10.2. The highest BCUT2D eigenvalue weighted by Crippen LogP contribution is 2.18. The highest BCUT2D eigenvalue weighted by atomic mass is 16.5. The monoisotopic (exact) mass is 282 g/mol. The molecular weight excluding hydrogens is 256 g/mol. The van der Waals surface area contributed by atoms with Gasteiger partial charge in [-0.1, -0.05) is 13.8 Å². The molecule has 3 N–H and O–H groups in total. The summed E-state index contributed by atoms with van der Waals surface area (Å²) in [6.07, 6.45) is -0.00604. The topological polar surface area (TPSA) is 89.2 Å². The second-order valence-corrected chi connectivity index (χ2v) is 5.69. The molecule has 7 nitrogen and oxygen atoms in total. The molecule has 0 bridgehead atoms. The smallest absolute Gasteiger partial charge is 0.323 e. The van der Waals surface area contributed by atoms with E-state index in [1.165, 1.54) is 0 Å². The van der Waals surface area contributed by atoms with Crippen molar-refractivity contribution in [1.82, 2.24) is 15.0 Å². The number of nitrogens with two attached hydrogens (primary N) is 1. The first-order valence-electron chi connectivity index (χ1n) is 6.99. The first kappa shape index (κ1) is 16.4. The van der Waals surface area contributed by atoms with Gasteiger partial charge >= 0.3 is 6.01 Å². The van der Waals surface area contributed by atoms with Crippen molar-refractivity contribution in [2.45, 2.75) is 53.7 Å². The molecule has 20 heavy (non-hydrogen) atoms. The molecule has 0 unspecified atom stereocenters. The van der Waals surface area contributed by atoms with E-state index in [0.29, 0.717) is 17.8 Å². The Morgan fingerprint density at radius 1 is 1.10 bits per heavy atom. The number of hydrogen-bond acceptors (Lipinski definition) is 7. The SMILES string of the molecule is CC(C)CN(c1nc(NN)nc(OC(C)C)n1)C(C)C. The Labute approximate surface area is 120 Å². The van der Waals surface area contributed by atoms with E-state index in [1.54, 1.807) is 0 Å². The lowest BCUT2D eigenvalue weighted by Crippen LogP contribution is -2.36. The summed E-state index contributed by atoms with van der Waals surface area (Å²) < 4.78 is 5.55. The van der Waals surface area contributed by atoms with Crippen LogP contribution in [0.5, 0.6) is 6.01 Å². The summed E-state index contributed by atoms with van der Waals surface area (Å²) in [5.41, 5.74) is 2.46. The standard InChI is InChI=1S/C13H26N6O/c1-8(2)7-19(9(3)4)12-15-11(18-14)16-13(17-12)20-10(5)6/h8-10H,7,14H2,1-6H3,(H,15,16,17,18). The van der Waals surface area contributed by atoms with Gasteiger partial charge in [-0.3, -0.25) is 5.43 Å². The van der Waals surface area contributed by atoms with Crippen LogP contribution in [0.1, 0.15) is 41.5 Å². The first-order chi connectivity index (χ1) is 9.33. The molecule has 0 fully saturated rings. The summed E-state index contributed by atoms with van der Waals surface area (Å²) >= 11 is 0. The molecule has 0 aliphatic heterocycles. The van der Waals surface area contributed by atoms with Crippen molar-refractivity contribution in [1.29, 1.82) is 0 Å². The van der Waals surface area contributed by atoms with Crippen LogP contribution in [0.25, 0.3) is 0 Å². The Morgan fingerprint density at radius 3 is 2.20 bits per heavy atom. The normalized spacial score (nSPS) is 11.3. The Kier molecular flexibility index (Phi) is 5.94. The van der Waals surface area contributed by atoms with E-state index >= 15 is 0 Å². The summed E-state index contributed by atoms with van der Waals surface area (Å²) in [4.78, 5) is 14.9. The molecule has 0 atom stereocenters. The summed E-state index contributed by atoms with van der Waals surface area (Å²) in [5.74, 6) is 6.80. The number of anilines is 2. The van der Waals surface area contributed by atoms with Crippen molar-refractivity contribution < 1.29 is 4.74 Å². The maximum Gasteiger partial charge on any atom is 0.323 e. The van der Waals surface area contributed by atoms with Gasteiger partial charge in [0.05, 0.1) is 6.10 Å². The molecular formula is C13H26N6O. The molecule has 1 aromatic rings. The number of rotatable bonds is 7. The van der Waals surface area contributed by atoms with Crippen LogP contribution in [0.2, 0.25) is 0 Å². The molecule has 0 radical (unpaired) electrons. The second kappa shape index (κ2) is 7.23. The van der Waals surface area contributed by atoms with E-state index in [1.807, 2.05) is 13.8 Å².